The van der Waals surface area contributed by atoms with E-state index in [1.807, 2.05) is 4.90 Å². The lowest BCUT2D eigenvalue weighted by Gasteiger charge is -2.21. The van der Waals surface area contributed by atoms with Crippen LogP contribution in [0.5, 0.6) is 0 Å². The second-order valence-electron chi connectivity index (χ2n) is 4.72. The van der Waals surface area contributed by atoms with Crippen LogP contribution in [-0.4, -0.2) is 28.4 Å². The van der Waals surface area contributed by atoms with Crippen molar-refractivity contribution in [3.63, 3.8) is 0 Å². The molecule has 1 aliphatic heterocycles. The van der Waals surface area contributed by atoms with E-state index in [-0.39, 0.29) is 11.9 Å². The molecule has 0 spiro atoms. The quantitative estimate of drug-likeness (QED) is 0.596. The third-order valence-corrected chi connectivity index (χ3v) is 3.19. The number of carbonyl (C=O) groups is 1. The number of anilines is 1. The number of rotatable bonds is 2. The Kier molecular flexibility index (Phi) is 3.28. The van der Waals surface area contributed by atoms with Gasteiger partial charge >= 0.3 is 0 Å². The lowest BCUT2D eigenvalue weighted by Crippen LogP contribution is -2.34. The van der Waals surface area contributed by atoms with Gasteiger partial charge in [-0.25, -0.2) is 0 Å². The number of nitrogens with two attached hydrogens (primary N) is 1. The van der Waals surface area contributed by atoms with Crippen molar-refractivity contribution in [3.8, 4) is 0 Å². The highest BCUT2D eigenvalue weighted by Gasteiger charge is 2.31. The van der Waals surface area contributed by atoms with Crippen molar-refractivity contribution in [3.05, 3.63) is 24.0 Å². The van der Waals surface area contributed by atoms with Crippen LogP contribution in [0.1, 0.15) is 30.8 Å². The van der Waals surface area contributed by atoms with Gasteiger partial charge in [-0.1, -0.05) is 6.92 Å². The third-order valence-electron chi connectivity index (χ3n) is 3.19. The van der Waals surface area contributed by atoms with E-state index in [4.69, 9.17) is 5.84 Å². The van der Waals surface area contributed by atoms with Crippen molar-refractivity contribution in [2.45, 2.75) is 26.3 Å². The van der Waals surface area contributed by atoms with E-state index >= 15 is 0 Å². The predicted octanol–water partition coefficient (Wildman–Crippen LogP) is 1.24. The monoisotopic (exact) mass is 234 g/mol. The highest BCUT2D eigenvalue weighted by Crippen LogP contribution is 2.24. The van der Waals surface area contributed by atoms with E-state index < -0.39 is 0 Å². The number of amides is 1. The number of hydrogen-bond donors (Lipinski definition) is 2. The number of pyridine rings is 1. The second-order valence-corrected chi connectivity index (χ2v) is 4.72. The van der Waals surface area contributed by atoms with Crippen LogP contribution < -0.4 is 11.3 Å². The van der Waals surface area contributed by atoms with Crippen molar-refractivity contribution in [1.82, 2.24) is 9.88 Å². The maximum Gasteiger partial charge on any atom is 0.272 e. The largest absolute Gasteiger partial charge is 0.334 e. The molecule has 1 aromatic heterocycles. The van der Waals surface area contributed by atoms with Crippen LogP contribution in [-0.2, 0) is 0 Å². The fourth-order valence-electron chi connectivity index (χ4n) is 2.37. The Morgan fingerprint density at radius 2 is 2.35 bits per heavy atom. The Labute approximate surface area is 101 Å². The normalized spacial score (nSPS) is 23.8. The lowest BCUT2D eigenvalue weighted by atomic mass is 10.1. The highest BCUT2D eigenvalue weighted by molar-refractivity contribution is 5.93. The number of hydrazine groups is 1. The van der Waals surface area contributed by atoms with Gasteiger partial charge in [-0.2, -0.15) is 0 Å². The number of nitrogens with zero attached hydrogens (tertiary/aromatic N) is 2. The zero-order valence-electron chi connectivity index (χ0n) is 10.2. The molecule has 2 atom stereocenters. The summed E-state index contributed by atoms with van der Waals surface area (Å²) in [5, 5.41) is 0. The lowest BCUT2D eigenvalue weighted by molar-refractivity contribution is 0.0738. The van der Waals surface area contributed by atoms with Gasteiger partial charge in [-0.05, 0) is 31.4 Å². The smallest absolute Gasteiger partial charge is 0.272 e. The van der Waals surface area contributed by atoms with Gasteiger partial charge in [0.05, 0.1) is 5.69 Å². The summed E-state index contributed by atoms with van der Waals surface area (Å²) < 4.78 is 0. The van der Waals surface area contributed by atoms with E-state index in [1.165, 1.54) is 0 Å². The molecule has 0 bridgehead atoms. The van der Waals surface area contributed by atoms with Gasteiger partial charge in [0.1, 0.15) is 5.69 Å². The van der Waals surface area contributed by atoms with Gasteiger partial charge in [0.2, 0.25) is 0 Å². The average Bonchev–Trinajstić information content (AvgIpc) is 2.67. The molecule has 1 amide bonds. The SMILES string of the molecule is CC1CC(C)N(C(=O)c2cc(NN)ccn2)C1. The zero-order chi connectivity index (χ0) is 12.4. The Morgan fingerprint density at radius 1 is 1.59 bits per heavy atom. The van der Waals surface area contributed by atoms with Crippen LogP contribution in [0.3, 0.4) is 0 Å². The van der Waals surface area contributed by atoms with Crippen molar-refractivity contribution >= 4 is 11.6 Å². The number of nitrogens with one attached hydrogen (secondary N) is 1. The number of likely N-dealkylation sites (tertiary alicyclic amines) is 1. The van der Waals surface area contributed by atoms with Crippen LogP contribution >= 0.6 is 0 Å². The summed E-state index contributed by atoms with van der Waals surface area (Å²) in [5.41, 5.74) is 3.67. The predicted molar refractivity (Wildman–Crippen MR) is 66.3 cm³/mol. The number of hydrogen-bond acceptors (Lipinski definition) is 4. The fourth-order valence-corrected chi connectivity index (χ4v) is 2.37. The van der Waals surface area contributed by atoms with Crippen molar-refractivity contribution in [2.24, 2.45) is 11.8 Å². The Morgan fingerprint density at radius 3 is 2.94 bits per heavy atom. The molecule has 2 rings (SSSR count). The molecule has 1 fully saturated rings. The van der Waals surface area contributed by atoms with Gasteiger partial charge in [0, 0.05) is 18.8 Å². The molecule has 0 aromatic carbocycles. The fraction of sp³-hybridized carbons (Fsp3) is 0.500. The van der Waals surface area contributed by atoms with Gasteiger partial charge < -0.3 is 10.3 Å². The number of nitrogen functional groups attached to an aromatic ring is 1. The van der Waals surface area contributed by atoms with E-state index in [0.29, 0.717) is 17.3 Å². The van der Waals surface area contributed by atoms with Gasteiger partial charge in [-0.15, -0.1) is 0 Å². The summed E-state index contributed by atoms with van der Waals surface area (Å²) in [5.74, 6) is 5.86. The molecule has 0 saturated carbocycles. The highest BCUT2D eigenvalue weighted by atomic mass is 16.2. The molecule has 17 heavy (non-hydrogen) atoms. The molecule has 5 nitrogen and oxygen atoms in total. The topological polar surface area (TPSA) is 71.2 Å². The molecular formula is C12H18N4O. The molecule has 5 heteroatoms. The molecule has 2 unspecified atom stereocenters. The Balaban J connectivity index is 2.19. The minimum absolute atomic E-state index is 0.0149. The van der Waals surface area contributed by atoms with Crippen LogP contribution in [0.4, 0.5) is 5.69 Å². The average molecular weight is 234 g/mol. The second kappa shape index (κ2) is 4.71. The molecule has 92 valence electrons. The molecule has 0 aliphatic carbocycles. The van der Waals surface area contributed by atoms with Crippen molar-refractivity contribution in [2.75, 3.05) is 12.0 Å². The summed E-state index contributed by atoms with van der Waals surface area (Å²) in [7, 11) is 0. The maximum absolute atomic E-state index is 12.3. The summed E-state index contributed by atoms with van der Waals surface area (Å²) >= 11 is 0. The van der Waals surface area contributed by atoms with E-state index in [1.54, 1.807) is 18.3 Å². The number of carbonyl (C=O) groups excluding carboxylic acids is 1. The molecule has 2 heterocycles. The first-order valence-corrected chi connectivity index (χ1v) is 5.85. The van der Waals surface area contributed by atoms with Gasteiger partial charge in [-0.3, -0.25) is 15.6 Å². The van der Waals surface area contributed by atoms with Crippen LogP contribution in [0.25, 0.3) is 0 Å². The first kappa shape index (κ1) is 11.9. The Bertz CT molecular complexity index is 421. The summed E-state index contributed by atoms with van der Waals surface area (Å²) in [6.45, 7) is 5.05. The van der Waals surface area contributed by atoms with Crippen LogP contribution in [0.15, 0.2) is 18.3 Å². The standard InChI is InChI=1S/C12H18N4O/c1-8-5-9(2)16(7-8)12(17)11-6-10(15-13)3-4-14-11/h3-4,6,8-9H,5,7,13H2,1-2H3,(H,14,15). The molecule has 1 saturated heterocycles. The van der Waals surface area contributed by atoms with Gasteiger partial charge in [0.15, 0.2) is 0 Å². The van der Waals surface area contributed by atoms with Crippen LogP contribution in [0.2, 0.25) is 0 Å². The van der Waals surface area contributed by atoms with E-state index in [2.05, 4.69) is 24.3 Å². The maximum atomic E-state index is 12.3. The summed E-state index contributed by atoms with van der Waals surface area (Å²) in [4.78, 5) is 18.3. The molecule has 1 aromatic rings. The molecular weight excluding hydrogens is 216 g/mol. The minimum atomic E-state index is -0.0149. The molecule has 1 aliphatic rings. The van der Waals surface area contributed by atoms with E-state index in [9.17, 15) is 4.79 Å². The number of aromatic nitrogens is 1. The molecule has 3 N–H and O–H groups in total. The van der Waals surface area contributed by atoms with Crippen LogP contribution in [0, 0.1) is 5.92 Å². The third kappa shape index (κ3) is 2.39. The minimum Gasteiger partial charge on any atom is -0.334 e. The summed E-state index contributed by atoms with van der Waals surface area (Å²) in [6, 6.07) is 3.69. The first-order valence-electron chi connectivity index (χ1n) is 5.85. The van der Waals surface area contributed by atoms with Crippen molar-refractivity contribution in [1.29, 1.82) is 0 Å². The van der Waals surface area contributed by atoms with E-state index in [0.717, 1.165) is 13.0 Å². The zero-order valence-corrected chi connectivity index (χ0v) is 10.2. The summed E-state index contributed by atoms with van der Waals surface area (Å²) in [6.07, 6.45) is 2.65. The van der Waals surface area contributed by atoms with Crippen molar-refractivity contribution < 1.29 is 4.79 Å². The Hall–Kier alpha value is -1.62. The molecule has 0 radical (unpaired) electrons. The first-order chi connectivity index (χ1) is 8.11. The van der Waals surface area contributed by atoms with Gasteiger partial charge in [0.25, 0.3) is 5.91 Å².